The first-order valence-corrected chi connectivity index (χ1v) is 6.63. The number of aliphatic hydroxyl groups is 2. The Morgan fingerprint density at radius 1 is 1.38 bits per heavy atom. The van der Waals surface area contributed by atoms with Crippen LogP contribution in [0.25, 0.3) is 0 Å². The second-order valence-corrected chi connectivity index (χ2v) is 4.88. The van der Waals surface area contributed by atoms with Crippen LogP contribution >= 0.6 is 15.9 Å². The van der Waals surface area contributed by atoms with Gasteiger partial charge in [-0.3, -0.25) is 0 Å². The van der Waals surface area contributed by atoms with Crippen molar-refractivity contribution in [1.82, 2.24) is 0 Å². The van der Waals surface area contributed by atoms with Crippen molar-refractivity contribution < 1.29 is 10.2 Å². The van der Waals surface area contributed by atoms with Gasteiger partial charge in [-0.15, -0.1) is 0 Å². The fourth-order valence-corrected chi connectivity index (χ4v) is 2.47. The summed E-state index contributed by atoms with van der Waals surface area (Å²) in [5.41, 5.74) is 3.17. The van der Waals surface area contributed by atoms with Crippen LogP contribution in [0, 0.1) is 0 Å². The number of nitrogens with one attached hydrogen (secondary N) is 1. The molecule has 1 aromatic rings. The number of fused-ring (bicyclic) bond motifs is 1. The van der Waals surface area contributed by atoms with E-state index in [1.165, 1.54) is 5.56 Å². The van der Waals surface area contributed by atoms with Crippen LogP contribution in [0.2, 0.25) is 0 Å². The molecule has 0 radical (unpaired) electrons. The topological polar surface area (TPSA) is 52.5 Å². The van der Waals surface area contributed by atoms with Crippen molar-refractivity contribution in [3.63, 3.8) is 0 Å². The van der Waals surface area contributed by atoms with Gasteiger partial charge in [0.2, 0.25) is 0 Å². The molecule has 88 valence electrons. The number of aliphatic hydroxyl groups excluding tert-OH is 2. The third-order valence-electron chi connectivity index (χ3n) is 2.95. The lowest BCUT2D eigenvalue weighted by molar-refractivity contribution is 0.0173. The van der Waals surface area contributed by atoms with Gasteiger partial charge < -0.3 is 15.5 Å². The summed E-state index contributed by atoms with van der Waals surface area (Å²) in [7, 11) is 0. The highest BCUT2D eigenvalue weighted by atomic mass is 79.9. The van der Waals surface area contributed by atoms with E-state index in [9.17, 15) is 10.2 Å². The fourth-order valence-electron chi connectivity index (χ4n) is 2.00. The van der Waals surface area contributed by atoms with Gasteiger partial charge in [-0.25, -0.2) is 0 Å². The Bertz CT molecular complexity index is 370. The minimum Gasteiger partial charge on any atom is -0.390 e. The number of hydrogen-bond acceptors (Lipinski definition) is 3. The van der Waals surface area contributed by atoms with E-state index in [0.29, 0.717) is 11.8 Å². The molecule has 1 aromatic carbocycles. The van der Waals surface area contributed by atoms with Crippen molar-refractivity contribution >= 4 is 21.6 Å². The zero-order chi connectivity index (χ0) is 11.5. The molecule has 0 amide bonds. The number of rotatable bonds is 4. The van der Waals surface area contributed by atoms with Crippen LogP contribution < -0.4 is 5.32 Å². The molecule has 3 N–H and O–H groups in total. The van der Waals surface area contributed by atoms with Gasteiger partial charge in [0, 0.05) is 17.6 Å². The van der Waals surface area contributed by atoms with Gasteiger partial charge in [-0.2, -0.15) is 0 Å². The lowest BCUT2D eigenvalue weighted by atomic mass is 9.99. The number of halogens is 1. The lowest BCUT2D eigenvalue weighted by Gasteiger charge is -2.18. The third kappa shape index (κ3) is 2.39. The van der Waals surface area contributed by atoms with E-state index in [4.69, 9.17) is 0 Å². The first kappa shape index (κ1) is 11.9. The molecule has 0 saturated carbocycles. The van der Waals surface area contributed by atoms with E-state index < -0.39 is 12.2 Å². The van der Waals surface area contributed by atoms with E-state index in [0.717, 1.165) is 24.2 Å². The van der Waals surface area contributed by atoms with Crippen molar-refractivity contribution in [2.24, 2.45) is 0 Å². The van der Waals surface area contributed by atoms with E-state index >= 15 is 0 Å². The summed E-state index contributed by atoms with van der Waals surface area (Å²) in [6.07, 6.45) is 0.0521. The van der Waals surface area contributed by atoms with E-state index in [-0.39, 0.29) is 0 Å². The quantitative estimate of drug-likeness (QED) is 0.740. The number of anilines is 1. The second kappa shape index (κ2) is 5.17. The number of hydrogen-bond donors (Lipinski definition) is 3. The molecular weight excluding hydrogens is 270 g/mol. The SMILES string of the molecule is OC(CCBr)C(O)c1ccc2c(c1)CCN2. The van der Waals surface area contributed by atoms with Gasteiger partial charge in [0.25, 0.3) is 0 Å². The Morgan fingerprint density at radius 3 is 2.94 bits per heavy atom. The molecule has 1 aliphatic rings. The highest BCUT2D eigenvalue weighted by Gasteiger charge is 2.19. The zero-order valence-corrected chi connectivity index (χ0v) is 10.6. The summed E-state index contributed by atoms with van der Waals surface area (Å²) in [5, 5.41) is 23.6. The number of alkyl halides is 1. The predicted octanol–water partition coefficient (Wildman–Crippen LogP) is 1.83. The molecule has 4 heteroatoms. The molecular formula is C12H16BrNO2. The highest BCUT2D eigenvalue weighted by Crippen LogP contribution is 2.27. The van der Waals surface area contributed by atoms with Crippen molar-refractivity contribution in [3.8, 4) is 0 Å². The van der Waals surface area contributed by atoms with Gasteiger partial charge in [-0.05, 0) is 30.0 Å². The van der Waals surface area contributed by atoms with Crippen LogP contribution in [0.15, 0.2) is 18.2 Å². The maximum absolute atomic E-state index is 9.96. The first-order chi connectivity index (χ1) is 7.72. The molecule has 16 heavy (non-hydrogen) atoms. The van der Waals surface area contributed by atoms with Gasteiger partial charge in [-0.1, -0.05) is 28.1 Å². The molecule has 2 atom stereocenters. The fraction of sp³-hybridized carbons (Fsp3) is 0.500. The van der Waals surface area contributed by atoms with E-state index in [1.807, 2.05) is 18.2 Å². The summed E-state index contributed by atoms with van der Waals surface area (Å²) >= 11 is 3.26. The monoisotopic (exact) mass is 285 g/mol. The smallest absolute Gasteiger partial charge is 0.105 e. The summed E-state index contributed by atoms with van der Waals surface area (Å²) in [4.78, 5) is 0. The molecule has 0 bridgehead atoms. The first-order valence-electron chi connectivity index (χ1n) is 5.51. The minimum absolute atomic E-state index is 0.552. The van der Waals surface area contributed by atoms with Gasteiger partial charge >= 0.3 is 0 Å². The molecule has 2 unspecified atom stereocenters. The van der Waals surface area contributed by atoms with Crippen molar-refractivity contribution in [1.29, 1.82) is 0 Å². The summed E-state index contributed by atoms with van der Waals surface area (Å²) in [6.45, 7) is 0.957. The summed E-state index contributed by atoms with van der Waals surface area (Å²) in [6, 6.07) is 5.83. The summed E-state index contributed by atoms with van der Waals surface area (Å²) < 4.78 is 0. The van der Waals surface area contributed by atoms with Crippen LogP contribution in [0.4, 0.5) is 5.69 Å². The minimum atomic E-state index is -0.788. The molecule has 0 fully saturated rings. The van der Waals surface area contributed by atoms with Crippen LogP contribution in [0.1, 0.15) is 23.7 Å². The van der Waals surface area contributed by atoms with Crippen molar-refractivity contribution in [2.45, 2.75) is 25.0 Å². The van der Waals surface area contributed by atoms with E-state index in [1.54, 1.807) is 0 Å². The van der Waals surface area contributed by atoms with Crippen molar-refractivity contribution in [2.75, 3.05) is 17.2 Å². The summed E-state index contributed by atoms with van der Waals surface area (Å²) in [5.74, 6) is 0. The largest absolute Gasteiger partial charge is 0.390 e. The van der Waals surface area contributed by atoms with Crippen LogP contribution in [-0.4, -0.2) is 28.2 Å². The lowest BCUT2D eigenvalue weighted by Crippen LogP contribution is -2.18. The molecule has 2 rings (SSSR count). The standard InChI is InChI=1S/C12H16BrNO2/c13-5-3-11(15)12(16)9-1-2-10-8(7-9)4-6-14-10/h1-2,7,11-12,14-16H,3-6H2. The maximum atomic E-state index is 9.96. The van der Waals surface area contributed by atoms with Gasteiger partial charge in [0.1, 0.15) is 6.10 Å². The molecule has 0 aliphatic carbocycles. The Labute approximate surface area is 104 Å². The molecule has 0 aromatic heterocycles. The van der Waals surface area contributed by atoms with Crippen LogP contribution in [0.5, 0.6) is 0 Å². The molecule has 3 nitrogen and oxygen atoms in total. The maximum Gasteiger partial charge on any atom is 0.105 e. The van der Waals surface area contributed by atoms with Gasteiger partial charge in [0.15, 0.2) is 0 Å². The van der Waals surface area contributed by atoms with Gasteiger partial charge in [0.05, 0.1) is 6.10 Å². The number of benzene rings is 1. The highest BCUT2D eigenvalue weighted by molar-refractivity contribution is 9.09. The third-order valence-corrected chi connectivity index (χ3v) is 3.41. The van der Waals surface area contributed by atoms with E-state index in [2.05, 4.69) is 21.2 Å². The molecule has 0 spiro atoms. The molecule has 0 saturated heterocycles. The molecule has 1 heterocycles. The predicted molar refractivity (Wildman–Crippen MR) is 68.0 cm³/mol. The Balaban J connectivity index is 2.14. The van der Waals surface area contributed by atoms with Crippen LogP contribution in [0.3, 0.4) is 0 Å². The Kier molecular flexibility index (Phi) is 3.84. The van der Waals surface area contributed by atoms with Crippen molar-refractivity contribution in [3.05, 3.63) is 29.3 Å². The zero-order valence-electron chi connectivity index (χ0n) is 8.99. The van der Waals surface area contributed by atoms with Crippen LogP contribution in [-0.2, 0) is 6.42 Å². The average molecular weight is 286 g/mol. The second-order valence-electron chi connectivity index (χ2n) is 4.08. The normalized spacial score (nSPS) is 17.7. The Morgan fingerprint density at radius 2 is 2.19 bits per heavy atom. The molecule has 1 aliphatic heterocycles. The Hall–Kier alpha value is -0.580. The average Bonchev–Trinajstić information content (AvgIpc) is 2.75.